The summed E-state index contributed by atoms with van der Waals surface area (Å²) < 4.78 is 12.5. The van der Waals surface area contributed by atoms with E-state index in [1.807, 2.05) is 0 Å². The first-order valence-electron chi connectivity index (χ1n) is 3.10. The van der Waals surface area contributed by atoms with Crippen LogP contribution in [0.2, 0.25) is 0 Å². The smallest absolute Gasteiger partial charge is 0.423 e. The molecule has 1 rings (SSSR count). The first kappa shape index (κ1) is 8.16. The number of halogens is 1. The fraction of sp³-hybridized carbons (Fsp3) is 0.167. The highest BCUT2D eigenvalue weighted by Gasteiger charge is 2.12. The van der Waals surface area contributed by atoms with E-state index in [0.717, 1.165) is 6.07 Å². The molecule has 11 heavy (non-hydrogen) atoms. The lowest BCUT2D eigenvalue weighted by atomic mass is 9.81. The van der Waals surface area contributed by atoms with Crippen molar-refractivity contribution in [3.63, 3.8) is 0 Å². The van der Waals surface area contributed by atoms with Crippen molar-refractivity contribution in [2.24, 2.45) is 0 Å². The molecule has 0 amide bonds. The van der Waals surface area contributed by atoms with Crippen molar-refractivity contribution in [1.82, 2.24) is 4.98 Å². The van der Waals surface area contributed by atoms with E-state index in [1.165, 1.54) is 6.07 Å². The summed E-state index contributed by atoms with van der Waals surface area (Å²) in [5, 5.41) is 17.3. The topological polar surface area (TPSA) is 53.4 Å². The van der Waals surface area contributed by atoms with E-state index in [2.05, 4.69) is 4.98 Å². The Bertz CT molecular complexity index is 247. The molecular weight excluding hydrogens is 148 g/mol. The van der Waals surface area contributed by atoms with Gasteiger partial charge in [0.05, 0.1) is 0 Å². The van der Waals surface area contributed by atoms with Crippen molar-refractivity contribution < 1.29 is 14.4 Å². The van der Waals surface area contributed by atoms with E-state index in [1.54, 1.807) is 6.92 Å². The van der Waals surface area contributed by atoms with Gasteiger partial charge < -0.3 is 10.0 Å². The van der Waals surface area contributed by atoms with Gasteiger partial charge in [0.15, 0.2) is 0 Å². The summed E-state index contributed by atoms with van der Waals surface area (Å²) in [6.45, 7) is 1.58. The summed E-state index contributed by atoms with van der Waals surface area (Å²) in [5.41, 5.74) is 0.545. The van der Waals surface area contributed by atoms with Gasteiger partial charge in [-0.1, -0.05) is 0 Å². The number of aryl methyl sites for hydroxylation is 1. The highest BCUT2D eigenvalue weighted by molar-refractivity contribution is 6.58. The van der Waals surface area contributed by atoms with Crippen molar-refractivity contribution in [1.29, 1.82) is 0 Å². The Labute approximate surface area is 63.7 Å². The number of rotatable bonds is 1. The Hall–Kier alpha value is -0.935. The van der Waals surface area contributed by atoms with Crippen molar-refractivity contribution in [3.05, 3.63) is 23.8 Å². The van der Waals surface area contributed by atoms with Crippen LogP contribution in [0.1, 0.15) is 5.69 Å². The molecule has 0 bridgehead atoms. The molecule has 1 aromatic rings. The van der Waals surface area contributed by atoms with Crippen LogP contribution in [-0.4, -0.2) is 22.2 Å². The predicted octanol–water partition coefficient (Wildman–Crippen LogP) is -0.791. The quantitative estimate of drug-likeness (QED) is 0.412. The third-order valence-corrected chi connectivity index (χ3v) is 1.24. The molecule has 0 aromatic carbocycles. The van der Waals surface area contributed by atoms with E-state index >= 15 is 0 Å². The summed E-state index contributed by atoms with van der Waals surface area (Å²) in [5.74, 6) is -0.701. The fourth-order valence-corrected chi connectivity index (χ4v) is 0.802. The van der Waals surface area contributed by atoms with E-state index in [9.17, 15) is 4.39 Å². The molecule has 0 saturated carbocycles. The maximum atomic E-state index is 12.5. The molecule has 3 nitrogen and oxygen atoms in total. The number of aromatic nitrogens is 1. The third-order valence-electron chi connectivity index (χ3n) is 1.24. The zero-order valence-corrected chi connectivity index (χ0v) is 5.95. The van der Waals surface area contributed by atoms with Gasteiger partial charge in [-0.2, -0.15) is 4.39 Å². The molecule has 0 spiro atoms. The molecule has 0 radical (unpaired) electrons. The summed E-state index contributed by atoms with van der Waals surface area (Å²) >= 11 is 0. The lowest BCUT2D eigenvalue weighted by molar-refractivity contribution is 0.425. The molecule has 2 N–H and O–H groups in total. The minimum Gasteiger partial charge on any atom is -0.423 e. The highest BCUT2D eigenvalue weighted by atomic mass is 19.1. The summed E-state index contributed by atoms with van der Waals surface area (Å²) in [6, 6.07) is 2.39. The average Bonchev–Trinajstić information content (AvgIpc) is 1.85. The van der Waals surface area contributed by atoms with Gasteiger partial charge in [-0.25, -0.2) is 4.98 Å². The average molecular weight is 155 g/mol. The number of hydrogen-bond acceptors (Lipinski definition) is 3. The Balaban J connectivity index is 3.08. The van der Waals surface area contributed by atoms with Crippen molar-refractivity contribution in [3.8, 4) is 0 Å². The van der Waals surface area contributed by atoms with E-state index in [-0.39, 0.29) is 5.46 Å². The van der Waals surface area contributed by atoms with Crippen LogP contribution in [0.15, 0.2) is 12.1 Å². The second kappa shape index (κ2) is 2.98. The zero-order valence-electron chi connectivity index (χ0n) is 5.95. The van der Waals surface area contributed by atoms with Gasteiger partial charge in [-0.3, -0.25) is 0 Å². The number of hydrogen-bond donors (Lipinski definition) is 2. The van der Waals surface area contributed by atoms with Gasteiger partial charge in [0.2, 0.25) is 5.95 Å². The summed E-state index contributed by atoms with van der Waals surface area (Å²) in [7, 11) is -1.63. The SMILES string of the molecule is Cc1cc(B(O)O)cc(F)n1. The first-order valence-corrected chi connectivity index (χ1v) is 3.10. The molecule has 0 aliphatic heterocycles. The lowest BCUT2D eigenvalue weighted by Crippen LogP contribution is -2.30. The fourth-order valence-electron chi connectivity index (χ4n) is 0.802. The molecule has 0 unspecified atom stereocenters. The van der Waals surface area contributed by atoms with Crippen LogP contribution in [0.4, 0.5) is 4.39 Å². The van der Waals surface area contributed by atoms with Crippen LogP contribution >= 0.6 is 0 Å². The molecule has 0 saturated heterocycles. The maximum Gasteiger partial charge on any atom is 0.488 e. The lowest BCUT2D eigenvalue weighted by Gasteiger charge is -1.99. The van der Waals surface area contributed by atoms with E-state index < -0.39 is 13.1 Å². The second-order valence-corrected chi connectivity index (χ2v) is 2.24. The molecule has 0 fully saturated rings. The Morgan fingerprint density at radius 3 is 2.55 bits per heavy atom. The molecule has 1 heterocycles. The van der Waals surface area contributed by atoms with Gasteiger partial charge in [0.25, 0.3) is 0 Å². The van der Waals surface area contributed by atoms with Crippen LogP contribution in [-0.2, 0) is 0 Å². The van der Waals surface area contributed by atoms with Gasteiger partial charge in [0.1, 0.15) is 0 Å². The van der Waals surface area contributed by atoms with Crippen molar-refractivity contribution in [2.45, 2.75) is 6.92 Å². The van der Waals surface area contributed by atoms with Crippen LogP contribution in [0, 0.1) is 12.9 Å². The predicted molar refractivity (Wildman–Crippen MR) is 38.8 cm³/mol. The number of pyridine rings is 1. The Morgan fingerprint density at radius 1 is 1.45 bits per heavy atom. The van der Waals surface area contributed by atoms with Gasteiger partial charge in [0, 0.05) is 5.69 Å². The van der Waals surface area contributed by atoms with E-state index in [0.29, 0.717) is 5.69 Å². The van der Waals surface area contributed by atoms with Gasteiger partial charge in [-0.15, -0.1) is 0 Å². The minimum absolute atomic E-state index is 0.120. The normalized spacial score (nSPS) is 9.82. The standard InChI is InChI=1S/C6H7BFNO2/c1-4-2-5(7(10)11)3-6(8)9-4/h2-3,10-11H,1H3. The van der Waals surface area contributed by atoms with E-state index in [4.69, 9.17) is 10.0 Å². The molecule has 0 aliphatic rings. The monoisotopic (exact) mass is 155 g/mol. The summed E-state index contributed by atoms with van der Waals surface area (Å²) in [6.07, 6.45) is 0. The van der Waals surface area contributed by atoms with Crippen LogP contribution in [0.25, 0.3) is 0 Å². The van der Waals surface area contributed by atoms with Gasteiger partial charge in [-0.05, 0) is 24.5 Å². The molecule has 0 atom stereocenters. The largest absolute Gasteiger partial charge is 0.488 e. The van der Waals surface area contributed by atoms with Crippen molar-refractivity contribution >= 4 is 12.6 Å². The third kappa shape index (κ3) is 1.99. The number of nitrogens with zero attached hydrogens (tertiary/aromatic N) is 1. The van der Waals surface area contributed by atoms with Crippen LogP contribution in [0.5, 0.6) is 0 Å². The minimum atomic E-state index is -1.63. The summed E-state index contributed by atoms with van der Waals surface area (Å²) in [4.78, 5) is 3.43. The molecule has 5 heteroatoms. The van der Waals surface area contributed by atoms with Crippen LogP contribution in [0.3, 0.4) is 0 Å². The molecule has 0 aliphatic carbocycles. The first-order chi connectivity index (χ1) is 5.09. The van der Waals surface area contributed by atoms with Gasteiger partial charge >= 0.3 is 7.12 Å². The molecular formula is C6H7BFNO2. The van der Waals surface area contributed by atoms with Crippen molar-refractivity contribution in [2.75, 3.05) is 0 Å². The Morgan fingerprint density at radius 2 is 2.09 bits per heavy atom. The zero-order chi connectivity index (χ0) is 8.43. The maximum absolute atomic E-state index is 12.5. The van der Waals surface area contributed by atoms with Crippen LogP contribution < -0.4 is 5.46 Å². The second-order valence-electron chi connectivity index (χ2n) is 2.24. The molecule has 1 aromatic heterocycles. The highest BCUT2D eigenvalue weighted by Crippen LogP contribution is 1.93. The Kier molecular flexibility index (Phi) is 2.21. The molecule has 58 valence electrons.